The summed E-state index contributed by atoms with van der Waals surface area (Å²) in [5.74, 6) is 1.83. The van der Waals surface area contributed by atoms with Gasteiger partial charge in [0.05, 0.1) is 11.1 Å². The van der Waals surface area contributed by atoms with Gasteiger partial charge in [0.15, 0.2) is 0 Å². The fraction of sp³-hybridized carbons (Fsp3) is 0.500. The molecule has 15 heavy (non-hydrogen) atoms. The third kappa shape index (κ3) is 2.95. The monoisotopic (exact) mass is 269 g/mol. The quantitative estimate of drug-likeness (QED) is 0.892. The SMILES string of the molecule is NCc1cccc(Br)c1OCCC1CC1. The van der Waals surface area contributed by atoms with Gasteiger partial charge in [0, 0.05) is 12.1 Å². The lowest BCUT2D eigenvalue weighted by molar-refractivity contribution is 0.298. The number of hydrogen-bond donors (Lipinski definition) is 1. The van der Waals surface area contributed by atoms with Crippen LogP contribution in [0.25, 0.3) is 0 Å². The third-order valence-electron chi connectivity index (χ3n) is 2.74. The smallest absolute Gasteiger partial charge is 0.137 e. The molecule has 0 saturated heterocycles. The van der Waals surface area contributed by atoms with Crippen molar-refractivity contribution < 1.29 is 4.74 Å². The van der Waals surface area contributed by atoms with Crippen LogP contribution in [-0.4, -0.2) is 6.61 Å². The molecule has 2 N–H and O–H groups in total. The summed E-state index contributed by atoms with van der Waals surface area (Å²) < 4.78 is 6.78. The molecule has 0 spiro atoms. The Kier molecular flexibility index (Phi) is 3.65. The summed E-state index contributed by atoms with van der Waals surface area (Å²) in [4.78, 5) is 0. The van der Waals surface area contributed by atoms with Crippen LogP contribution in [0.2, 0.25) is 0 Å². The van der Waals surface area contributed by atoms with Crippen LogP contribution in [0.5, 0.6) is 5.75 Å². The first-order valence-electron chi connectivity index (χ1n) is 5.41. The number of ether oxygens (including phenoxy) is 1. The van der Waals surface area contributed by atoms with Crippen LogP contribution in [0.1, 0.15) is 24.8 Å². The normalized spacial score (nSPS) is 15.3. The molecule has 3 heteroatoms. The van der Waals surface area contributed by atoms with E-state index >= 15 is 0 Å². The van der Waals surface area contributed by atoms with Gasteiger partial charge >= 0.3 is 0 Å². The molecule has 1 aliphatic carbocycles. The summed E-state index contributed by atoms with van der Waals surface area (Å²) >= 11 is 3.49. The number of para-hydroxylation sites is 1. The molecule has 0 bridgehead atoms. The van der Waals surface area contributed by atoms with E-state index in [1.165, 1.54) is 19.3 Å². The summed E-state index contributed by atoms with van der Waals surface area (Å²) in [6.07, 6.45) is 3.93. The second-order valence-corrected chi connectivity index (χ2v) is 4.87. The number of hydrogen-bond acceptors (Lipinski definition) is 2. The zero-order chi connectivity index (χ0) is 10.7. The number of halogens is 1. The van der Waals surface area contributed by atoms with Crippen LogP contribution in [0, 0.1) is 5.92 Å². The maximum atomic E-state index is 5.78. The first-order chi connectivity index (χ1) is 7.31. The molecule has 2 rings (SSSR count). The van der Waals surface area contributed by atoms with Gasteiger partial charge in [-0.1, -0.05) is 25.0 Å². The molecule has 2 nitrogen and oxygen atoms in total. The van der Waals surface area contributed by atoms with Crippen molar-refractivity contribution in [1.29, 1.82) is 0 Å². The van der Waals surface area contributed by atoms with Gasteiger partial charge in [0.2, 0.25) is 0 Å². The molecule has 0 radical (unpaired) electrons. The first-order valence-corrected chi connectivity index (χ1v) is 6.21. The van der Waals surface area contributed by atoms with Crippen molar-refractivity contribution in [1.82, 2.24) is 0 Å². The maximum absolute atomic E-state index is 5.78. The Labute approximate surface area is 98.9 Å². The molecule has 1 aliphatic rings. The number of rotatable bonds is 5. The van der Waals surface area contributed by atoms with Crippen LogP contribution in [0.3, 0.4) is 0 Å². The average Bonchev–Trinajstić information content (AvgIpc) is 3.04. The van der Waals surface area contributed by atoms with Crippen molar-refractivity contribution in [2.45, 2.75) is 25.8 Å². The minimum atomic E-state index is 0.526. The van der Waals surface area contributed by atoms with Crippen molar-refractivity contribution in [2.75, 3.05) is 6.61 Å². The molecule has 82 valence electrons. The standard InChI is InChI=1S/C12H16BrNO/c13-11-3-1-2-10(8-14)12(11)15-7-6-9-4-5-9/h1-3,9H,4-8,14H2. The molecule has 0 atom stereocenters. The van der Waals surface area contributed by atoms with Crippen molar-refractivity contribution in [3.63, 3.8) is 0 Å². The molecule has 1 fully saturated rings. The predicted molar refractivity (Wildman–Crippen MR) is 64.9 cm³/mol. The van der Waals surface area contributed by atoms with E-state index in [-0.39, 0.29) is 0 Å². The van der Waals surface area contributed by atoms with Gasteiger partial charge in [0.25, 0.3) is 0 Å². The molecule has 0 heterocycles. The Morgan fingerprint density at radius 1 is 1.40 bits per heavy atom. The Morgan fingerprint density at radius 2 is 2.20 bits per heavy atom. The third-order valence-corrected chi connectivity index (χ3v) is 3.36. The van der Waals surface area contributed by atoms with E-state index in [9.17, 15) is 0 Å². The minimum Gasteiger partial charge on any atom is -0.492 e. The Hall–Kier alpha value is -0.540. The number of benzene rings is 1. The predicted octanol–water partition coefficient (Wildman–Crippen LogP) is 3.09. The van der Waals surface area contributed by atoms with Gasteiger partial charge in [-0.05, 0) is 34.3 Å². The molecule has 1 aromatic rings. The van der Waals surface area contributed by atoms with Gasteiger partial charge in [-0.15, -0.1) is 0 Å². The van der Waals surface area contributed by atoms with E-state index in [2.05, 4.69) is 15.9 Å². The molecular formula is C12H16BrNO. The Balaban J connectivity index is 1.97. The second-order valence-electron chi connectivity index (χ2n) is 4.01. The van der Waals surface area contributed by atoms with Crippen molar-refractivity contribution in [3.8, 4) is 5.75 Å². The zero-order valence-corrected chi connectivity index (χ0v) is 10.3. The zero-order valence-electron chi connectivity index (χ0n) is 8.71. The first kappa shape index (κ1) is 11.0. The molecule has 0 amide bonds. The van der Waals surface area contributed by atoms with E-state index in [1.807, 2.05) is 18.2 Å². The number of nitrogens with two attached hydrogens (primary N) is 1. The van der Waals surface area contributed by atoms with Crippen molar-refractivity contribution >= 4 is 15.9 Å². The molecule has 0 aliphatic heterocycles. The van der Waals surface area contributed by atoms with E-state index in [0.717, 1.165) is 28.3 Å². The minimum absolute atomic E-state index is 0.526. The maximum Gasteiger partial charge on any atom is 0.137 e. The van der Waals surface area contributed by atoms with Crippen LogP contribution >= 0.6 is 15.9 Å². The fourth-order valence-corrected chi connectivity index (χ4v) is 2.13. The van der Waals surface area contributed by atoms with Crippen LogP contribution in [0.4, 0.5) is 0 Å². The highest BCUT2D eigenvalue weighted by molar-refractivity contribution is 9.10. The van der Waals surface area contributed by atoms with Crippen LogP contribution < -0.4 is 10.5 Å². The molecule has 1 aromatic carbocycles. The van der Waals surface area contributed by atoms with E-state index in [1.54, 1.807) is 0 Å². The fourth-order valence-electron chi connectivity index (χ4n) is 1.61. The Bertz CT molecular complexity index is 336. The molecule has 0 aromatic heterocycles. The highest BCUT2D eigenvalue weighted by Crippen LogP contribution is 2.33. The lowest BCUT2D eigenvalue weighted by Gasteiger charge is -2.11. The van der Waals surface area contributed by atoms with Gasteiger partial charge in [0.1, 0.15) is 5.75 Å². The van der Waals surface area contributed by atoms with Crippen molar-refractivity contribution in [2.24, 2.45) is 11.7 Å². The Morgan fingerprint density at radius 3 is 2.87 bits per heavy atom. The van der Waals surface area contributed by atoms with E-state index < -0.39 is 0 Å². The summed E-state index contributed by atoms with van der Waals surface area (Å²) in [5.41, 5.74) is 6.73. The van der Waals surface area contributed by atoms with Gasteiger partial charge in [-0.25, -0.2) is 0 Å². The average molecular weight is 270 g/mol. The second kappa shape index (κ2) is 4.99. The summed E-state index contributed by atoms with van der Waals surface area (Å²) in [6.45, 7) is 1.33. The van der Waals surface area contributed by atoms with Gasteiger partial charge in [-0.3, -0.25) is 0 Å². The largest absolute Gasteiger partial charge is 0.492 e. The van der Waals surface area contributed by atoms with E-state index in [4.69, 9.17) is 10.5 Å². The highest BCUT2D eigenvalue weighted by atomic mass is 79.9. The van der Waals surface area contributed by atoms with Gasteiger partial charge < -0.3 is 10.5 Å². The highest BCUT2D eigenvalue weighted by Gasteiger charge is 2.21. The van der Waals surface area contributed by atoms with E-state index in [0.29, 0.717) is 6.54 Å². The lowest BCUT2D eigenvalue weighted by Crippen LogP contribution is -2.04. The molecular weight excluding hydrogens is 254 g/mol. The molecule has 1 saturated carbocycles. The summed E-state index contributed by atoms with van der Waals surface area (Å²) in [5, 5.41) is 0. The molecule has 0 unspecified atom stereocenters. The summed E-state index contributed by atoms with van der Waals surface area (Å²) in [6, 6.07) is 5.99. The van der Waals surface area contributed by atoms with Crippen LogP contribution in [0.15, 0.2) is 22.7 Å². The van der Waals surface area contributed by atoms with Gasteiger partial charge in [-0.2, -0.15) is 0 Å². The lowest BCUT2D eigenvalue weighted by atomic mass is 10.2. The van der Waals surface area contributed by atoms with Crippen LogP contribution in [-0.2, 0) is 6.54 Å². The summed E-state index contributed by atoms with van der Waals surface area (Å²) in [7, 11) is 0. The topological polar surface area (TPSA) is 35.2 Å². The van der Waals surface area contributed by atoms with Crippen molar-refractivity contribution in [3.05, 3.63) is 28.2 Å².